The number of halogens is 1. The third-order valence-electron chi connectivity index (χ3n) is 2.04. The van der Waals surface area contributed by atoms with Gasteiger partial charge in [-0.05, 0) is 24.6 Å². The molecule has 0 aliphatic carbocycles. The molecule has 0 aromatic heterocycles. The van der Waals surface area contributed by atoms with Crippen LogP contribution in [0.1, 0.15) is 21.5 Å². The number of carbonyl (C=O) groups excluding carboxylic acids is 1. The predicted molar refractivity (Wildman–Crippen MR) is 53.3 cm³/mol. The Balaban J connectivity index is 2.72. The molecule has 0 spiro atoms. The van der Waals surface area contributed by atoms with Gasteiger partial charge in [-0.1, -0.05) is 22.5 Å². The second-order valence-corrected chi connectivity index (χ2v) is 3.81. The highest BCUT2D eigenvalue weighted by molar-refractivity contribution is 9.10. The summed E-state index contributed by atoms with van der Waals surface area (Å²) < 4.78 is 5.80. The van der Waals surface area contributed by atoms with E-state index in [0.717, 1.165) is 15.6 Å². The summed E-state index contributed by atoms with van der Waals surface area (Å²) in [7, 11) is 0. The van der Waals surface area contributed by atoms with Crippen LogP contribution in [-0.2, 0) is 4.74 Å². The van der Waals surface area contributed by atoms with Crippen molar-refractivity contribution in [2.75, 3.05) is 0 Å². The zero-order valence-electron chi connectivity index (χ0n) is 7.06. The van der Waals surface area contributed by atoms with Crippen molar-refractivity contribution < 1.29 is 9.53 Å². The summed E-state index contributed by atoms with van der Waals surface area (Å²) in [5, 5.41) is 0. The Kier molecular flexibility index (Phi) is 1.77. The maximum atomic E-state index is 11.2. The molecule has 1 aromatic carbocycles. The van der Waals surface area contributed by atoms with Crippen LogP contribution in [0.2, 0.25) is 0 Å². The number of benzene rings is 1. The molecule has 0 atom stereocenters. The fourth-order valence-corrected chi connectivity index (χ4v) is 1.65. The summed E-state index contributed by atoms with van der Waals surface area (Å²) in [4.78, 5) is 11.2. The van der Waals surface area contributed by atoms with Gasteiger partial charge >= 0.3 is 5.97 Å². The SMILES string of the molecule is C=C1OC(=O)c2cc(Br)c(C)cc21. The molecular formula is C10H7BrO2. The highest BCUT2D eigenvalue weighted by atomic mass is 79.9. The van der Waals surface area contributed by atoms with E-state index in [2.05, 4.69) is 22.5 Å². The molecule has 1 aromatic rings. The number of hydrogen-bond acceptors (Lipinski definition) is 2. The molecule has 0 saturated carbocycles. The van der Waals surface area contributed by atoms with E-state index in [9.17, 15) is 4.79 Å². The van der Waals surface area contributed by atoms with Gasteiger partial charge in [0.1, 0.15) is 5.76 Å². The van der Waals surface area contributed by atoms with Gasteiger partial charge in [0, 0.05) is 10.0 Å². The van der Waals surface area contributed by atoms with E-state index in [1.54, 1.807) is 6.07 Å². The van der Waals surface area contributed by atoms with Crippen molar-refractivity contribution in [1.29, 1.82) is 0 Å². The number of fused-ring (bicyclic) bond motifs is 1. The van der Waals surface area contributed by atoms with Crippen molar-refractivity contribution in [2.45, 2.75) is 6.92 Å². The van der Waals surface area contributed by atoms with Crippen LogP contribution in [0.25, 0.3) is 5.76 Å². The fraction of sp³-hybridized carbons (Fsp3) is 0.100. The van der Waals surface area contributed by atoms with Crippen molar-refractivity contribution in [3.63, 3.8) is 0 Å². The summed E-state index contributed by atoms with van der Waals surface area (Å²) in [5.41, 5.74) is 2.45. The minimum Gasteiger partial charge on any atom is -0.423 e. The van der Waals surface area contributed by atoms with Gasteiger partial charge in [0.2, 0.25) is 0 Å². The zero-order valence-corrected chi connectivity index (χ0v) is 8.64. The van der Waals surface area contributed by atoms with E-state index in [-0.39, 0.29) is 5.97 Å². The zero-order chi connectivity index (χ0) is 9.59. The van der Waals surface area contributed by atoms with Crippen molar-refractivity contribution in [1.82, 2.24) is 0 Å². The number of cyclic esters (lactones) is 1. The lowest BCUT2D eigenvalue weighted by atomic mass is 10.1. The largest absolute Gasteiger partial charge is 0.423 e. The first-order valence-corrected chi connectivity index (χ1v) is 4.60. The van der Waals surface area contributed by atoms with Crippen LogP contribution >= 0.6 is 15.9 Å². The lowest BCUT2D eigenvalue weighted by Crippen LogP contribution is -1.93. The van der Waals surface area contributed by atoms with Gasteiger partial charge in [0.25, 0.3) is 0 Å². The monoisotopic (exact) mass is 238 g/mol. The molecular weight excluding hydrogens is 232 g/mol. The van der Waals surface area contributed by atoms with E-state index in [0.29, 0.717) is 11.3 Å². The molecule has 2 nitrogen and oxygen atoms in total. The van der Waals surface area contributed by atoms with Crippen molar-refractivity contribution >= 4 is 27.7 Å². The molecule has 0 saturated heterocycles. The number of hydrogen-bond donors (Lipinski definition) is 0. The van der Waals surface area contributed by atoms with Gasteiger partial charge < -0.3 is 4.74 Å². The Morgan fingerprint density at radius 3 is 2.77 bits per heavy atom. The summed E-state index contributed by atoms with van der Waals surface area (Å²) >= 11 is 3.36. The summed E-state index contributed by atoms with van der Waals surface area (Å²) in [6, 6.07) is 3.66. The first kappa shape index (κ1) is 8.51. The van der Waals surface area contributed by atoms with E-state index in [4.69, 9.17) is 4.74 Å². The second-order valence-electron chi connectivity index (χ2n) is 2.96. The summed E-state index contributed by atoms with van der Waals surface area (Å²) in [6.45, 7) is 5.62. The van der Waals surface area contributed by atoms with E-state index in [1.165, 1.54) is 0 Å². The van der Waals surface area contributed by atoms with Gasteiger partial charge in [0.05, 0.1) is 5.56 Å². The molecule has 1 aliphatic rings. The lowest BCUT2D eigenvalue weighted by molar-refractivity contribution is 0.0716. The van der Waals surface area contributed by atoms with Crippen LogP contribution in [0, 0.1) is 6.92 Å². The molecule has 1 aliphatic heterocycles. The molecule has 0 amide bonds. The molecule has 0 radical (unpaired) electrons. The fourth-order valence-electron chi connectivity index (χ4n) is 1.30. The predicted octanol–water partition coefficient (Wildman–Crippen LogP) is 2.90. The van der Waals surface area contributed by atoms with Crippen LogP contribution in [0.4, 0.5) is 0 Å². The Morgan fingerprint density at radius 1 is 1.38 bits per heavy atom. The number of ether oxygens (including phenoxy) is 1. The van der Waals surface area contributed by atoms with Crippen LogP contribution in [-0.4, -0.2) is 5.97 Å². The smallest absolute Gasteiger partial charge is 0.344 e. The molecule has 0 N–H and O–H groups in total. The van der Waals surface area contributed by atoms with Crippen molar-refractivity contribution in [3.8, 4) is 0 Å². The maximum Gasteiger partial charge on any atom is 0.344 e. The van der Waals surface area contributed by atoms with E-state index < -0.39 is 0 Å². The first-order chi connectivity index (χ1) is 6.09. The van der Waals surface area contributed by atoms with Gasteiger partial charge in [-0.25, -0.2) is 4.79 Å². The average molecular weight is 239 g/mol. The normalized spacial score (nSPS) is 14.3. The highest BCUT2D eigenvalue weighted by Crippen LogP contribution is 2.32. The summed E-state index contributed by atoms with van der Waals surface area (Å²) in [6.07, 6.45) is 0. The average Bonchev–Trinajstić information content (AvgIpc) is 2.31. The molecule has 1 heterocycles. The van der Waals surface area contributed by atoms with Crippen LogP contribution < -0.4 is 0 Å². The van der Waals surface area contributed by atoms with Crippen molar-refractivity contribution in [3.05, 3.63) is 39.9 Å². The van der Waals surface area contributed by atoms with Gasteiger partial charge in [-0.2, -0.15) is 0 Å². The Labute approximate surface area is 84.3 Å². The molecule has 13 heavy (non-hydrogen) atoms. The molecule has 2 rings (SSSR count). The third-order valence-corrected chi connectivity index (χ3v) is 2.89. The van der Waals surface area contributed by atoms with Crippen LogP contribution in [0.3, 0.4) is 0 Å². The number of aryl methyl sites for hydroxylation is 1. The van der Waals surface area contributed by atoms with Gasteiger partial charge in [0.15, 0.2) is 0 Å². The Morgan fingerprint density at radius 2 is 2.08 bits per heavy atom. The van der Waals surface area contributed by atoms with Crippen molar-refractivity contribution in [2.24, 2.45) is 0 Å². The molecule has 3 heteroatoms. The second kappa shape index (κ2) is 2.70. The maximum absolute atomic E-state index is 11.2. The number of rotatable bonds is 0. The molecule has 0 bridgehead atoms. The topological polar surface area (TPSA) is 26.3 Å². The standard InChI is InChI=1S/C10H7BrO2/c1-5-3-7-6(2)13-10(12)8(7)4-9(5)11/h3-4H,2H2,1H3. The molecule has 0 fully saturated rings. The summed E-state index contributed by atoms with van der Waals surface area (Å²) in [5.74, 6) is 0.122. The quantitative estimate of drug-likeness (QED) is 0.650. The first-order valence-electron chi connectivity index (χ1n) is 3.81. The van der Waals surface area contributed by atoms with Crippen LogP contribution in [0.15, 0.2) is 23.2 Å². The van der Waals surface area contributed by atoms with Gasteiger partial charge in [-0.3, -0.25) is 0 Å². The number of carbonyl (C=O) groups is 1. The molecule has 0 unspecified atom stereocenters. The Bertz CT molecular complexity index is 382. The highest BCUT2D eigenvalue weighted by Gasteiger charge is 2.25. The number of esters is 1. The van der Waals surface area contributed by atoms with Gasteiger partial charge in [-0.15, -0.1) is 0 Å². The third kappa shape index (κ3) is 1.20. The lowest BCUT2D eigenvalue weighted by Gasteiger charge is -1.99. The minimum absolute atomic E-state index is 0.319. The van der Waals surface area contributed by atoms with E-state index >= 15 is 0 Å². The molecule has 66 valence electrons. The Hall–Kier alpha value is -1.09. The minimum atomic E-state index is -0.319. The van der Waals surface area contributed by atoms with E-state index in [1.807, 2.05) is 13.0 Å². The van der Waals surface area contributed by atoms with Crippen LogP contribution in [0.5, 0.6) is 0 Å².